The maximum atomic E-state index is 11.8. The predicted molar refractivity (Wildman–Crippen MR) is 82.1 cm³/mol. The molecule has 0 aromatic carbocycles. The lowest BCUT2D eigenvalue weighted by atomic mass is 10.2. The fourth-order valence-corrected chi connectivity index (χ4v) is 2.68. The third-order valence-electron chi connectivity index (χ3n) is 2.82. The Morgan fingerprint density at radius 3 is 2.50 bits per heavy atom. The number of esters is 1. The Morgan fingerprint density at radius 1 is 1.25 bits per heavy atom. The minimum Gasteiger partial charge on any atom is -0.480 e. The van der Waals surface area contributed by atoms with Gasteiger partial charge in [-0.1, -0.05) is 26.2 Å². The highest BCUT2D eigenvalue weighted by atomic mass is 32.2. The molecule has 0 amide bonds. The molecule has 0 aliphatic carbocycles. The van der Waals surface area contributed by atoms with Crippen LogP contribution in [0.25, 0.3) is 0 Å². The third-order valence-corrected chi connectivity index (χ3v) is 3.97. The Morgan fingerprint density at radius 2 is 1.95 bits per heavy atom. The largest absolute Gasteiger partial charge is 0.480 e. The van der Waals surface area contributed by atoms with E-state index < -0.39 is 18.1 Å². The molecule has 0 rings (SSSR count). The zero-order chi connectivity index (χ0) is 15.4. The van der Waals surface area contributed by atoms with Gasteiger partial charge in [0.2, 0.25) is 0 Å². The normalized spacial score (nSPS) is 13.8. The lowest BCUT2D eigenvalue weighted by molar-refractivity contribution is -0.146. The van der Waals surface area contributed by atoms with Gasteiger partial charge in [-0.2, -0.15) is 11.8 Å². The van der Waals surface area contributed by atoms with Crippen LogP contribution in [0.5, 0.6) is 0 Å². The zero-order valence-corrected chi connectivity index (χ0v) is 13.5. The van der Waals surface area contributed by atoms with Gasteiger partial charge in [-0.3, -0.25) is 14.9 Å². The number of carbonyl (C=O) groups is 2. The number of hydrogen-bond acceptors (Lipinski definition) is 5. The Hall–Kier alpha value is -0.750. The highest BCUT2D eigenvalue weighted by Crippen LogP contribution is 2.10. The number of hydrogen-bond donors (Lipinski definition) is 2. The van der Waals surface area contributed by atoms with Gasteiger partial charge in [-0.15, -0.1) is 0 Å². The number of thioether (sulfide) groups is 1. The van der Waals surface area contributed by atoms with Crippen LogP contribution in [0, 0.1) is 0 Å². The van der Waals surface area contributed by atoms with Gasteiger partial charge in [0.15, 0.2) is 0 Å². The molecule has 0 saturated carbocycles. The van der Waals surface area contributed by atoms with Crippen molar-refractivity contribution < 1.29 is 19.4 Å². The molecule has 118 valence electrons. The van der Waals surface area contributed by atoms with E-state index in [0.717, 1.165) is 12.2 Å². The molecular weight excluding hydrogens is 278 g/mol. The summed E-state index contributed by atoms with van der Waals surface area (Å²) in [5.74, 6) is 0.190. The molecule has 0 bridgehead atoms. The summed E-state index contributed by atoms with van der Waals surface area (Å²) < 4.78 is 4.97. The van der Waals surface area contributed by atoms with Gasteiger partial charge >= 0.3 is 11.9 Å². The average Bonchev–Trinajstić information content (AvgIpc) is 2.41. The van der Waals surface area contributed by atoms with Gasteiger partial charge in [0.25, 0.3) is 0 Å². The van der Waals surface area contributed by atoms with Crippen molar-refractivity contribution in [1.82, 2.24) is 5.32 Å². The van der Waals surface area contributed by atoms with Crippen molar-refractivity contribution in [2.75, 3.05) is 18.1 Å². The Kier molecular flexibility index (Phi) is 11.6. The molecule has 0 fully saturated rings. The molecule has 5 nitrogen and oxygen atoms in total. The third kappa shape index (κ3) is 9.20. The fraction of sp³-hybridized carbons (Fsp3) is 0.857. The number of carboxylic acid groups (broad SMARTS) is 1. The monoisotopic (exact) mass is 305 g/mol. The van der Waals surface area contributed by atoms with Gasteiger partial charge in [-0.25, -0.2) is 0 Å². The van der Waals surface area contributed by atoms with Crippen molar-refractivity contribution in [1.29, 1.82) is 0 Å². The number of carbonyl (C=O) groups excluding carboxylic acids is 1. The van der Waals surface area contributed by atoms with Crippen molar-refractivity contribution in [3.8, 4) is 0 Å². The van der Waals surface area contributed by atoms with Crippen molar-refractivity contribution in [2.45, 2.75) is 58.5 Å². The van der Waals surface area contributed by atoms with Crippen LogP contribution < -0.4 is 5.32 Å². The topological polar surface area (TPSA) is 75.6 Å². The van der Waals surface area contributed by atoms with Gasteiger partial charge in [-0.05, 0) is 26.0 Å². The summed E-state index contributed by atoms with van der Waals surface area (Å²) in [6.07, 6.45) is 4.76. The lowest BCUT2D eigenvalue weighted by Crippen LogP contribution is -2.47. The maximum Gasteiger partial charge on any atom is 0.324 e. The SMILES string of the molecule is CCCCCCSCC(N[C@@H](C)C(=O)O)C(=O)OCC. The first-order chi connectivity index (χ1) is 9.52. The minimum atomic E-state index is -0.966. The zero-order valence-electron chi connectivity index (χ0n) is 12.7. The predicted octanol–water partition coefficient (Wildman–Crippen LogP) is 2.29. The summed E-state index contributed by atoms with van der Waals surface area (Å²) in [6, 6.07) is -1.32. The van der Waals surface area contributed by atoms with Crippen LogP contribution in [0.3, 0.4) is 0 Å². The van der Waals surface area contributed by atoms with E-state index >= 15 is 0 Å². The van der Waals surface area contributed by atoms with Crippen LogP contribution in [0.4, 0.5) is 0 Å². The Labute approximate surface area is 125 Å². The Bertz CT molecular complexity index is 286. The quantitative estimate of drug-likeness (QED) is 0.425. The van der Waals surface area contributed by atoms with Crippen LogP contribution in [0.15, 0.2) is 0 Å². The van der Waals surface area contributed by atoms with Crippen molar-refractivity contribution >= 4 is 23.7 Å². The summed E-state index contributed by atoms with van der Waals surface area (Å²) in [5, 5.41) is 11.7. The molecule has 2 N–H and O–H groups in total. The molecule has 0 spiro atoms. The fourth-order valence-electron chi connectivity index (χ4n) is 1.63. The van der Waals surface area contributed by atoms with E-state index in [1.54, 1.807) is 18.7 Å². The molecule has 20 heavy (non-hydrogen) atoms. The molecule has 1 unspecified atom stereocenters. The molecule has 0 radical (unpaired) electrons. The Balaban J connectivity index is 4.11. The number of unbranched alkanes of at least 4 members (excludes halogenated alkanes) is 3. The highest BCUT2D eigenvalue weighted by molar-refractivity contribution is 7.99. The van der Waals surface area contributed by atoms with Crippen molar-refractivity contribution in [2.24, 2.45) is 0 Å². The van der Waals surface area contributed by atoms with Crippen LogP contribution in [0.1, 0.15) is 46.5 Å². The van der Waals surface area contributed by atoms with Crippen LogP contribution in [0.2, 0.25) is 0 Å². The van der Waals surface area contributed by atoms with E-state index in [2.05, 4.69) is 12.2 Å². The van der Waals surface area contributed by atoms with E-state index in [-0.39, 0.29) is 5.97 Å². The smallest absolute Gasteiger partial charge is 0.324 e. The summed E-state index contributed by atoms with van der Waals surface area (Å²) in [4.78, 5) is 22.6. The number of rotatable bonds is 12. The standard InChI is InChI=1S/C14H27NO4S/c1-4-6-7-8-9-20-10-12(14(18)19-5-2)15-11(3)13(16)17/h11-12,15H,4-10H2,1-3H3,(H,16,17)/t11-,12?/m0/s1. The number of aliphatic carboxylic acids is 1. The van der Waals surface area contributed by atoms with Crippen LogP contribution >= 0.6 is 11.8 Å². The average molecular weight is 305 g/mol. The van der Waals surface area contributed by atoms with Crippen molar-refractivity contribution in [3.63, 3.8) is 0 Å². The first kappa shape index (κ1) is 19.2. The summed E-state index contributed by atoms with van der Waals surface area (Å²) in [6.45, 7) is 5.74. The van der Waals surface area contributed by atoms with Gasteiger partial charge in [0, 0.05) is 5.75 Å². The van der Waals surface area contributed by atoms with E-state index in [4.69, 9.17) is 9.84 Å². The van der Waals surface area contributed by atoms with Gasteiger partial charge < -0.3 is 9.84 Å². The van der Waals surface area contributed by atoms with Crippen LogP contribution in [-0.4, -0.2) is 47.2 Å². The second-order valence-corrected chi connectivity index (χ2v) is 5.82. The second kappa shape index (κ2) is 12.0. The summed E-state index contributed by atoms with van der Waals surface area (Å²) >= 11 is 1.66. The molecule has 0 aliphatic rings. The molecule has 2 atom stereocenters. The second-order valence-electron chi connectivity index (χ2n) is 4.67. The molecule has 0 aliphatic heterocycles. The van der Waals surface area contributed by atoms with E-state index in [1.165, 1.54) is 26.2 Å². The van der Waals surface area contributed by atoms with E-state index in [1.807, 2.05) is 0 Å². The van der Waals surface area contributed by atoms with Crippen molar-refractivity contribution in [3.05, 3.63) is 0 Å². The molecular formula is C14H27NO4S. The first-order valence-electron chi connectivity index (χ1n) is 7.26. The van der Waals surface area contributed by atoms with E-state index in [9.17, 15) is 9.59 Å². The number of carboxylic acids is 1. The summed E-state index contributed by atoms with van der Waals surface area (Å²) in [7, 11) is 0. The molecule has 0 aromatic rings. The van der Waals surface area contributed by atoms with E-state index in [0.29, 0.717) is 12.4 Å². The molecule has 0 heterocycles. The minimum absolute atomic E-state index is 0.305. The lowest BCUT2D eigenvalue weighted by Gasteiger charge is -2.19. The number of ether oxygens (including phenoxy) is 1. The maximum absolute atomic E-state index is 11.8. The molecule has 6 heteroatoms. The molecule has 0 aromatic heterocycles. The van der Waals surface area contributed by atoms with Crippen LogP contribution in [-0.2, 0) is 14.3 Å². The first-order valence-corrected chi connectivity index (χ1v) is 8.41. The number of nitrogens with one attached hydrogen (secondary N) is 1. The van der Waals surface area contributed by atoms with Gasteiger partial charge in [0.1, 0.15) is 12.1 Å². The highest BCUT2D eigenvalue weighted by Gasteiger charge is 2.24. The van der Waals surface area contributed by atoms with Gasteiger partial charge in [0.05, 0.1) is 6.61 Å². The summed E-state index contributed by atoms with van der Waals surface area (Å²) in [5.41, 5.74) is 0. The molecule has 0 saturated heterocycles.